The number of fused-ring (bicyclic) bond motifs is 1. The Morgan fingerprint density at radius 1 is 1.33 bits per heavy atom. The van der Waals surface area contributed by atoms with E-state index in [4.69, 9.17) is 4.74 Å². The molecule has 0 atom stereocenters. The van der Waals surface area contributed by atoms with Crippen molar-refractivity contribution >= 4 is 33.2 Å². The summed E-state index contributed by atoms with van der Waals surface area (Å²) in [5.41, 5.74) is 1.68. The smallest absolute Gasteiger partial charge is 0.348 e. The van der Waals surface area contributed by atoms with Crippen molar-refractivity contribution in [3.05, 3.63) is 34.2 Å². The zero-order valence-electron chi connectivity index (χ0n) is 12.3. The Kier molecular flexibility index (Phi) is 3.81. The first kappa shape index (κ1) is 14.3. The van der Waals surface area contributed by atoms with Gasteiger partial charge in [-0.15, -0.1) is 11.3 Å². The molecule has 1 aromatic carbocycles. The van der Waals surface area contributed by atoms with Gasteiger partial charge in [0.25, 0.3) is 0 Å². The molecule has 3 nitrogen and oxygen atoms in total. The van der Waals surface area contributed by atoms with E-state index in [0.29, 0.717) is 11.5 Å². The monoisotopic (exact) mass is 302 g/mol. The van der Waals surface area contributed by atoms with Crippen molar-refractivity contribution in [3.63, 3.8) is 0 Å². The molecule has 1 fully saturated rings. The summed E-state index contributed by atoms with van der Waals surface area (Å²) < 4.78 is 6.03. The summed E-state index contributed by atoms with van der Waals surface area (Å²) in [6, 6.07) is 5.76. The van der Waals surface area contributed by atoms with E-state index in [-0.39, 0.29) is 17.7 Å². The van der Waals surface area contributed by atoms with Crippen LogP contribution in [0.15, 0.2) is 18.2 Å². The van der Waals surface area contributed by atoms with Gasteiger partial charge < -0.3 is 4.74 Å². The van der Waals surface area contributed by atoms with Crippen molar-refractivity contribution in [3.8, 4) is 0 Å². The maximum absolute atomic E-state index is 12.5. The number of carbonyl (C=O) groups excluding carboxylic acids is 2. The number of benzene rings is 1. The molecule has 1 aliphatic carbocycles. The summed E-state index contributed by atoms with van der Waals surface area (Å²) in [5.74, 6) is 0.103. The van der Waals surface area contributed by atoms with Crippen LogP contribution in [0.4, 0.5) is 0 Å². The summed E-state index contributed by atoms with van der Waals surface area (Å²) in [6.07, 6.45) is 3.12. The molecule has 0 bridgehead atoms. The van der Waals surface area contributed by atoms with Gasteiger partial charge in [0.1, 0.15) is 4.88 Å². The molecule has 4 heteroatoms. The van der Waals surface area contributed by atoms with Gasteiger partial charge in [0, 0.05) is 16.2 Å². The van der Waals surface area contributed by atoms with Gasteiger partial charge in [-0.1, -0.05) is 18.6 Å². The van der Waals surface area contributed by atoms with Crippen molar-refractivity contribution < 1.29 is 14.3 Å². The number of hydrogen-bond donors (Lipinski definition) is 0. The SMILES string of the molecule is CCOC(=O)c1sc2c(C(=O)C3CCC3)cccc2c1C. The fraction of sp³-hybridized carbons (Fsp3) is 0.412. The van der Waals surface area contributed by atoms with Crippen LogP contribution in [0.2, 0.25) is 0 Å². The van der Waals surface area contributed by atoms with E-state index >= 15 is 0 Å². The first-order valence-corrected chi connectivity index (χ1v) is 8.18. The third-order valence-corrected chi connectivity index (χ3v) is 5.49. The number of Topliss-reactive ketones (excluding diaryl/α,β-unsaturated/α-hetero) is 1. The Hall–Kier alpha value is -1.68. The van der Waals surface area contributed by atoms with Crippen LogP contribution >= 0.6 is 11.3 Å². The van der Waals surface area contributed by atoms with E-state index < -0.39 is 0 Å². The van der Waals surface area contributed by atoms with Crippen LogP contribution in [0, 0.1) is 12.8 Å². The van der Waals surface area contributed by atoms with Gasteiger partial charge in [0.2, 0.25) is 0 Å². The van der Waals surface area contributed by atoms with Gasteiger partial charge in [-0.2, -0.15) is 0 Å². The highest BCUT2D eigenvalue weighted by molar-refractivity contribution is 7.21. The second-order valence-corrected chi connectivity index (χ2v) is 6.47. The number of carbonyl (C=O) groups is 2. The molecular formula is C17H18O3S. The molecule has 1 saturated carbocycles. The third-order valence-electron chi connectivity index (χ3n) is 4.17. The standard InChI is InChI=1S/C17H18O3S/c1-3-20-17(19)15-10(2)12-8-5-9-13(16(12)21-15)14(18)11-6-4-7-11/h5,8-9,11H,3-4,6-7H2,1-2H3. The quantitative estimate of drug-likeness (QED) is 0.622. The molecule has 0 saturated heterocycles. The Morgan fingerprint density at radius 3 is 2.71 bits per heavy atom. The predicted molar refractivity (Wildman–Crippen MR) is 84.2 cm³/mol. The lowest BCUT2D eigenvalue weighted by atomic mass is 9.80. The number of hydrogen-bond acceptors (Lipinski definition) is 4. The van der Waals surface area contributed by atoms with E-state index in [0.717, 1.165) is 40.5 Å². The molecule has 2 aromatic rings. The van der Waals surface area contributed by atoms with Crippen molar-refractivity contribution in [1.82, 2.24) is 0 Å². The fourth-order valence-corrected chi connectivity index (χ4v) is 3.94. The normalized spacial score (nSPS) is 15.0. The molecular weight excluding hydrogens is 284 g/mol. The summed E-state index contributed by atoms with van der Waals surface area (Å²) in [6.45, 7) is 4.08. The van der Waals surface area contributed by atoms with Crippen LogP contribution in [0.3, 0.4) is 0 Å². The lowest BCUT2D eigenvalue weighted by Crippen LogP contribution is -2.21. The van der Waals surface area contributed by atoms with Crippen molar-refractivity contribution in [1.29, 1.82) is 0 Å². The van der Waals surface area contributed by atoms with E-state index in [1.54, 1.807) is 6.92 Å². The van der Waals surface area contributed by atoms with E-state index in [1.165, 1.54) is 11.3 Å². The maximum atomic E-state index is 12.5. The van der Waals surface area contributed by atoms with Gasteiger partial charge in [-0.05, 0) is 43.7 Å². The Bertz CT molecular complexity index is 710. The number of thiophene rings is 1. The summed E-state index contributed by atoms with van der Waals surface area (Å²) >= 11 is 1.38. The predicted octanol–water partition coefficient (Wildman–Crippen LogP) is 4.37. The van der Waals surface area contributed by atoms with E-state index in [1.807, 2.05) is 25.1 Å². The molecule has 1 heterocycles. The molecule has 1 aliphatic rings. The Morgan fingerprint density at radius 2 is 2.10 bits per heavy atom. The lowest BCUT2D eigenvalue weighted by molar-refractivity contribution is 0.0531. The molecule has 0 N–H and O–H groups in total. The second-order valence-electron chi connectivity index (χ2n) is 5.45. The largest absolute Gasteiger partial charge is 0.462 e. The third kappa shape index (κ3) is 2.38. The molecule has 0 unspecified atom stereocenters. The number of rotatable bonds is 4. The van der Waals surface area contributed by atoms with Crippen LogP contribution in [0.25, 0.3) is 10.1 Å². The Balaban J connectivity index is 2.08. The number of esters is 1. The first-order chi connectivity index (χ1) is 10.1. The van der Waals surface area contributed by atoms with Gasteiger partial charge >= 0.3 is 5.97 Å². The highest BCUT2D eigenvalue weighted by Crippen LogP contribution is 2.37. The summed E-state index contributed by atoms with van der Waals surface area (Å²) in [4.78, 5) is 25.2. The highest BCUT2D eigenvalue weighted by Gasteiger charge is 2.28. The summed E-state index contributed by atoms with van der Waals surface area (Å²) in [5, 5.41) is 0.994. The van der Waals surface area contributed by atoms with Crippen LogP contribution < -0.4 is 0 Å². The highest BCUT2D eigenvalue weighted by atomic mass is 32.1. The average Bonchev–Trinajstić information content (AvgIpc) is 2.75. The Labute approximate surface area is 127 Å². The van der Waals surface area contributed by atoms with E-state index in [2.05, 4.69) is 0 Å². The van der Waals surface area contributed by atoms with Gasteiger partial charge in [0.05, 0.1) is 6.61 Å². The van der Waals surface area contributed by atoms with Crippen LogP contribution in [-0.2, 0) is 4.74 Å². The van der Waals surface area contributed by atoms with E-state index in [9.17, 15) is 9.59 Å². The topological polar surface area (TPSA) is 43.4 Å². The molecule has 0 aliphatic heterocycles. The minimum absolute atomic E-state index is 0.170. The number of ketones is 1. The molecule has 0 amide bonds. The van der Waals surface area contributed by atoms with Crippen molar-refractivity contribution in [2.24, 2.45) is 5.92 Å². The van der Waals surface area contributed by atoms with Crippen LogP contribution in [-0.4, -0.2) is 18.4 Å². The number of aryl methyl sites for hydroxylation is 1. The second kappa shape index (κ2) is 5.60. The summed E-state index contributed by atoms with van der Waals surface area (Å²) in [7, 11) is 0. The van der Waals surface area contributed by atoms with Crippen molar-refractivity contribution in [2.75, 3.05) is 6.61 Å². The van der Waals surface area contributed by atoms with Crippen LogP contribution in [0.5, 0.6) is 0 Å². The minimum Gasteiger partial charge on any atom is -0.462 e. The zero-order valence-corrected chi connectivity index (χ0v) is 13.1. The maximum Gasteiger partial charge on any atom is 0.348 e. The number of ether oxygens (including phenoxy) is 1. The van der Waals surface area contributed by atoms with Gasteiger partial charge in [0.15, 0.2) is 5.78 Å². The molecule has 21 heavy (non-hydrogen) atoms. The van der Waals surface area contributed by atoms with Gasteiger partial charge in [-0.25, -0.2) is 4.79 Å². The molecule has 0 spiro atoms. The molecule has 1 aromatic heterocycles. The zero-order chi connectivity index (χ0) is 15.0. The first-order valence-electron chi connectivity index (χ1n) is 7.37. The minimum atomic E-state index is -0.293. The van der Waals surface area contributed by atoms with Gasteiger partial charge in [-0.3, -0.25) is 4.79 Å². The van der Waals surface area contributed by atoms with Crippen LogP contribution in [0.1, 0.15) is 51.8 Å². The van der Waals surface area contributed by atoms with Crippen molar-refractivity contribution in [2.45, 2.75) is 33.1 Å². The molecule has 110 valence electrons. The molecule has 0 radical (unpaired) electrons. The fourth-order valence-electron chi connectivity index (χ4n) is 2.72. The lowest BCUT2D eigenvalue weighted by Gasteiger charge is -2.23. The molecule has 3 rings (SSSR count). The average molecular weight is 302 g/mol.